The van der Waals surface area contributed by atoms with Gasteiger partial charge >= 0.3 is 0 Å². The molecule has 504 valence electrons. The zero-order valence-corrected chi connectivity index (χ0v) is 55.4. The molecule has 0 heterocycles. The minimum Gasteiger partial charge on any atom is -0.384 e. The highest BCUT2D eigenvalue weighted by Gasteiger charge is 2.46. The molecule has 6 fully saturated rings. The lowest BCUT2D eigenvalue weighted by Gasteiger charge is -2.24. The SMILES string of the molecule is C.C=CCO[C@H]1C(OC)[C@@H](COC)C[C@H]1C.COCCO[C@H]1C(OC)[C@@H](COC)C[C@H]1C.COC[C@H]1C[C@@H](C)[C@@H](F)C1OC.COC[C@H]1C[C@@H](C)[C@@H](OC)C1OC.COC[C@H]1C[C@@H](C)[C@@H](OCCN)C1OC.COC[C@H]1C[C@@H](C)[C@H](F)C1OC. The van der Waals surface area contributed by atoms with Gasteiger partial charge in [-0.05, 0) is 74.0 Å². The van der Waals surface area contributed by atoms with E-state index in [1.165, 1.54) is 0 Å². The quantitative estimate of drug-likeness (QED) is 0.0552. The van der Waals surface area contributed by atoms with Gasteiger partial charge < -0.3 is 86.3 Å². The molecular weight excluding hydrogens is 1090 g/mol. The van der Waals surface area contributed by atoms with Crippen LogP contribution in [0.15, 0.2) is 12.7 Å². The van der Waals surface area contributed by atoms with E-state index in [2.05, 4.69) is 34.3 Å². The molecule has 6 rings (SSSR count). The van der Waals surface area contributed by atoms with Gasteiger partial charge in [0.2, 0.25) is 0 Å². The van der Waals surface area contributed by atoms with Crippen LogP contribution < -0.4 is 5.73 Å². The number of alkyl halides is 2. The third kappa shape index (κ3) is 26.4. The van der Waals surface area contributed by atoms with E-state index in [1.54, 1.807) is 106 Å². The molecule has 6 aliphatic rings. The molecular formula is C64H127F2NO17. The second kappa shape index (κ2) is 47.8. The zero-order valence-electron chi connectivity index (χ0n) is 55.4. The van der Waals surface area contributed by atoms with Gasteiger partial charge in [-0.1, -0.05) is 55.0 Å². The first-order valence-electron chi connectivity index (χ1n) is 30.4. The van der Waals surface area contributed by atoms with E-state index >= 15 is 0 Å². The number of rotatable bonds is 29. The monoisotopic (exact) mass is 1220 g/mol. The van der Waals surface area contributed by atoms with Crippen LogP contribution in [0.3, 0.4) is 0 Å². The molecule has 24 atom stereocenters. The average molecular weight is 1220 g/mol. The first-order chi connectivity index (χ1) is 39.9. The van der Waals surface area contributed by atoms with Gasteiger partial charge in [0.25, 0.3) is 0 Å². The van der Waals surface area contributed by atoms with Gasteiger partial charge in [-0.25, -0.2) is 8.78 Å². The standard InChI is InChI=1S/C12H24O4.C12H22O3.C11H23NO3.C10H20O3.2C9H17FO2.CH4/c1-9-7-10(8-14-3)12(15-4)11(9)16-6-5-13-2;1-5-6-15-11-9(2)7-10(8-13-3)12(11)14-4;1-8-6-9(7-13-2)11(14-3)10(8)15-5-4-12;1-7-5-8(6-11-2)10(13-4)9(7)12-3;2*1-6-4-7(5-11-2)9(12-3)8(6)10;/h9-12H,5-8H2,1-4H3;5,9-12H,1,6-8H2,2-4H3;8-11H,4-7,12H2,1-3H3;7-10H,5-6H2,1-4H3;2*6-9H,4-5H2,1-3H3;1H4/t2*9-,10-,11-,12?;8-,9-,10-,11?;7-,8-,9-,10?;6-,7-,8+,9?;6-,7-,8-,9?;/m111111./s1. The summed E-state index contributed by atoms with van der Waals surface area (Å²) in [5.74, 6) is 4.60. The van der Waals surface area contributed by atoms with Gasteiger partial charge in [-0.2, -0.15) is 0 Å². The van der Waals surface area contributed by atoms with Crippen molar-refractivity contribution in [3.63, 3.8) is 0 Å². The summed E-state index contributed by atoms with van der Waals surface area (Å²) in [6, 6.07) is 0. The molecule has 0 amide bonds. The molecule has 0 bridgehead atoms. The lowest BCUT2D eigenvalue weighted by Crippen LogP contribution is -2.35. The number of hydrogen-bond donors (Lipinski definition) is 1. The molecule has 84 heavy (non-hydrogen) atoms. The fourth-order valence-corrected chi connectivity index (χ4v) is 14.0. The summed E-state index contributed by atoms with van der Waals surface area (Å²) in [6.45, 7) is 23.5. The van der Waals surface area contributed by atoms with E-state index < -0.39 is 12.3 Å². The highest BCUT2D eigenvalue weighted by Crippen LogP contribution is 2.40. The minimum absolute atomic E-state index is 0. The highest BCUT2D eigenvalue weighted by molar-refractivity contribution is 4.95. The van der Waals surface area contributed by atoms with Crippen LogP contribution in [-0.2, 0) is 80.5 Å². The fraction of sp³-hybridized carbons (Fsp3) is 0.969. The Bertz CT molecular complexity index is 1520. The normalized spacial score (nSPS) is 37.5. The van der Waals surface area contributed by atoms with E-state index in [1.807, 2.05) is 13.8 Å². The van der Waals surface area contributed by atoms with E-state index in [0.29, 0.717) is 93.5 Å². The Kier molecular flexibility index (Phi) is 47.1. The number of nitrogens with two attached hydrogens (primary N) is 1. The molecule has 0 saturated heterocycles. The maximum absolute atomic E-state index is 13.4. The Morgan fingerprint density at radius 2 is 0.583 bits per heavy atom. The van der Waals surface area contributed by atoms with Crippen molar-refractivity contribution in [1.82, 2.24) is 0 Å². The van der Waals surface area contributed by atoms with Crippen LogP contribution in [-0.4, -0.2) is 246 Å². The Morgan fingerprint density at radius 3 is 0.845 bits per heavy atom. The van der Waals surface area contributed by atoms with Crippen molar-refractivity contribution in [3.8, 4) is 0 Å². The van der Waals surface area contributed by atoms with Crippen LogP contribution in [0, 0.1) is 71.0 Å². The van der Waals surface area contributed by atoms with Crippen molar-refractivity contribution in [2.75, 3.05) is 172 Å². The number of halogens is 2. The van der Waals surface area contributed by atoms with Crippen LogP contribution in [0.4, 0.5) is 8.78 Å². The first-order valence-corrected chi connectivity index (χ1v) is 30.4. The molecule has 0 spiro atoms. The van der Waals surface area contributed by atoms with Crippen LogP contribution >= 0.6 is 0 Å². The first kappa shape index (κ1) is 82.9. The highest BCUT2D eigenvalue weighted by atomic mass is 19.1. The summed E-state index contributed by atoms with van der Waals surface area (Å²) in [7, 11) is 23.8. The predicted molar refractivity (Wildman–Crippen MR) is 327 cm³/mol. The minimum atomic E-state index is -0.824. The van der Waals surface area contributed by atoms with Crippen molar-refractivity contribution in [2.45, 2.75) is 161 Å². The Balaban J connectivity index is 0.000000985. The van der Waals surface area contributed by atoms with Gasteiger partial charge in [0.15, 0.2) is 0 Å². The van der Waals surface area contributed by atoms with Gasteiger partial charge in [0.05, 0.1) is 127 Å². The van der Waals surface area contributed by atoms with Crippen LogP contribution in [0.2, 0.25) is 0 Å². The van der Waals surface area contributed by atoms with Crippen molar-refractivity contribution < 1.29 is 89.3 Å². The molecule has 18 nitrogen and oxygen atoms in total. The summed E-state index contributed by atoms with van der Waals surface area (Å²) in [5, 5.41) is 0. The summed E-state index contributed by atoms with van der Waals surface area (Å²) in [6.07, 6.45) is 7.15. The molecule has 0 radical (unpaired) electrons. The van der Waals surface area contributed by atoms with Gasteiger partial charge in [0.1, 0.15) is 12.3 Å². The summed E-state index contributed by atoms with van der Waals surface area (Å²) < 4.78 is 118. The molecule has 20 heteroatoms. The maximum atomic E-state index is 13.4. The lowest BCUT2D eigenvalue weighted by molar-refractivity contribution is -0.0814. The van der Waals surface area contributed by atoms with Crippen molar-refractivity contribution in [1.29, 1.82) is 0 Å². The second-order valence-corrected chi connectivity index (χ2v) is 23.9. The number of ether oxygens (including phenoxy) is 17. The van der Waals surface area contributed by atoms with Crippen LogP contribution in [0.25, 0.3) is 0 Å². The molecule has 0 aliphatic heterocycles. The number of methoxy groups -OCH3 is 14. The average Bonchev–Trinajstić information content (AvgIpc) is 4.34. The van der Waals surface area contributed by atoms with E-state index in [4.69, 9.17) is 86.3 Å². The zero-order chi connectivity index (χ0) is 62.6. The smallest absolute Gasteiger partial charge is 0.129 e. The third-order valence-corrected chi connectivity index (χ3v) is 17.7. The molecule has 6 aliphatic carbocycles. The molecule has 0 aromatic carbocycles. The summed E-state index contributed by atoms with van der Waals surface area (Å²) in [4.78, 5) is 0. The van der Waals surface area contributed by atoms with Crippen LogP contribution in [0.1, 0.15) is 87.5 Å². The van der Waals surface area contributed by atoms with Crippen molar-refractivity contribution in [3.05, 3.63) is 12.7 Å². The van der Waals surface area contributed by atoms with E-state index in [9.17, 15) is 8.78 Å². The molecule has 0 aromatic rings. The Labute approximate surface area is 510 Å². The van der Waals surface area contributed by atoms with Crippen molar-refractivity contribution >= 4 is 0 Å². The van der Waals surface area contributed by atoms with Gasteiger partial charge in [0, 0.05) is 142 Å². The Hall–Kier alpha value is -1.12. The fourth-order valence-electron chi connectivity index (χ4n) is 14.0. The van der Waals surface area contributed by atoms with Crippen molar-refractivity contribution in [2.24, 2.45) is 76.7 Å². The van der Waals surface area contributed by atoms with Crippen LogP contribution in [0.5, 0.6) is 0 Å². The maximum Gasteiger partial charge on any atom is 0.129 e. The van der Waals surface area contributed by atoms with Gasteiger partial charge in [-0.15, -0.1) is 6.58 Å². The predicted octanol–water partition coefficient (Wildman–Crippen LogP) is 9.10. The van der Waals surface area contributed by atoms with Gasteiger partial charge in [-0.3, -0.25) is 0 Å². The Morgan fingerprint density at radius 1 is 0.333 bits per heavy atom. The molecule has 0 aromatic heterocycles. The lowest BCUT2D eigenvalue weighted by atomic mass is 10.1. The topological polar surface area (TPSA) is 183 Å². The van der Waals surface area contributed by atoms with E-state index in [-0.39, 0.29) is 92.1 Å². The third-order valence-electron chi connectivity index (χ3n) is 17.7. The van der Waals surface area contributed by atoms with E-state index in [0.717, 1.165) is 65.0 Å². The molecule has 6 unspecified atom stereocenters. The number of hydrogen-bond acceptors (Lipinski definition) is 18. The summed E-state index contributed by atoms with van der Waals surface area (Å²) in [5.41, 5.74) is 5.44. The largest absolute Gasteiger partial charge is 0.384 e. The summed E-state index contributed by atoms with van der Waals surface area (Å²) >= 11 is 0. The second-order valence-electron chi connectivity index (χ2n) is 23.9. The molecule has 6 saturated carbocycles. The molecule has 2 N–H and O–H groups in total.